The molecule has 0 radical (unpaired) electrons. The Labute approximate surface area is 66.7 Å². The van der Waals surface area contributed by atoms with Gasteiger partial charge in [0.2, 0.25) is 0 Å². The van der Waals surface area contributed by atoms with E-state index in [1.54, 1.807) is 0 Å². The summed E-state index contributed by atoms with van der Waals surface area (Å²) < 4.78 is 0. The maximum atomic E-state index is 8.69. The molecule has 1 heterocycles. The molecule has 60 valence electrons. The average Bonchev–Trinajstić information content (AvgIpc) is 2.20. The fourth-order valence-electron chi connectivity index (χ4n) is 1.11. The van der Waals surface area contributed by atoms with Crippen LogP contribution in [0.3, 0.4) is 0 Å². The van der Waals surface area contributed by atoms with Gasteiger partial charge in [-0.1, -0.05) is 11.7 Å². The molecule has 3 unspecified atom stereocenters. The van der Waals surface area contributed by atoms with Gasteiger partial charge in [0, 0.05) is 11.9 Å². The van der Waals surface area contributed by atoms with Crippen molar-refractivity contribution in [3.05, 3.63) is 0 Å². The molecule has 0 aliphatic carbocycles. The standard InChI is InChI=1S/C7H14OS2/c1-9-6-4-7(3-5-8)10(9)2/h7-8H,1-6H2. The van der Waals surface area contributed by atoms with Crippen molar-refractivity contribution < 1.29 is 5.11 Å². The smallest absolute Gasteiger partial charge is 0.0441 e. The summed E-state index contributed by atoms with van der Waals surface area (Å²) in [6.07, 6.45) is 2.17. The summed E-state index contributed by atoms with van der Waals surface area (Å²) in [5.41, 5.74) is 0. The van der Waals surface area contributed by atoms with Crippen LogP contribution in [0.15, 0.2) is 0 Å². The maximum absolute atomic E-state index is 8.69. The molecule has 1 aliphatic heterocycles. The van der Waals surface area contributed by atoms with Gasteiger partial charge in [0.05, 0.1) is 0 Å². The van der Waals surface area contributed by atoms with Crippen LogP contribution in [-0.2, 0) is 0 Å². The normalized spacial score (nSPS) is 40.3. The first kappa shape index (κ1) is 8.50. The van der Waals surface area contributed by atoms with Crippen molar-refractivity contribution in [2.45, 2.75) is 18.1 Å². The minimum atomic E-state index is 0.251. The van der Waals surface area contributed by atoms with Crippen LogP contribution in [0, 0.1) is 0 Å². The second kappa shape index (κ2) is 3.69. The summed E-state index contributed by atoms with van der Waals surface area (Å²) >= 11 is 0. The first-order valence-electron chi connectivity index (χ1n) is 3.40. The Morgan fingerprint density at radius 2 is 2.20 bits per heavy atom. The molecule has 10 heavy (non-hydrogen) atoms. The molecule has 3 atom stereocenters. The van der Waals surface area contributed by atoms with E-state index in [4.69, 9.17) is 5.11 Å². The lowest BCUT2D eigenvalue weighted by Crippen LogP contribution is -2.01. The van der Waals surface area contributed by atoms with Crippen LogP contribution in [0.2, 0.25) is 0 Å². The highest BCUT2D eigenvalue weighted by Gasteiger charge is 2.19. The Kier molecular flexibility index (Phi) is 3.14. The third-order valence-corrected chi connectivity index (χ3v) is 7.44. The molecular formula is C7H14OS2. The monoisotopic (exact) mass is 178 g/mol. The lowest BCUT2D eigenvalue weighted by molar-refractivity contribution is 0.286. The summed E-state index contributed by atoms with van der Waals surface area (Å²) in [5.74, 6) is 9.37. The Morgan fingerprint density at radius 1 is 1.50 bits per heavy atom. The first-order valence-corrected chi connectivity index (χ1v) is 6.94. The van der Waals surface area contributed by atoms with Crippen LogP contribution >= 0.6 is 19.0 Å². The molecule has 0 aromatic carbocycles. The van der Waals surface area contributed by atoms with Crippen molar-refractivity contribution >= 4 is 30.8 Å². The topological polar surface area (TPSA) is 20.2 Å². The van der Waals surface area contributed by atoms with Crippen molar-refractivity contribution in [3.63, 3.8) is 0 Å². The van der Waals surface area contributed by atoms with Gasteiger partial charge in [-0.25, -0.2) is 0 Å². The van der Waals surface area contributed by atoms with E-state index in [1.807, 2.05) is 0 Å². The van der Waals surface area contributed by atoms with Gasteiger partial charge in [-0.05, 0) is 18.6 Å². The van der Waals surface area contributed by atoms with Crippen LogP contribution in [0.5, 0.6) is 0 Å². The van der Waals surface area contributed by atoms with Gasteiger partial charge < -0.3 is 5.11 Å². The van der Waals surface area contributed by atoms with E-state index >= 15 is 0 Å². The Morgan fingerprint density at radius 3 is 2.60 bits per heavy atom. The maximum Gasteiger partial charge on any atom is 0.0441 e. The highest BCUT2D eigenvalue weighted by molar-refractivity contribution is 8.89. The van der Waals surface area contributed by atoms with E-state index < -0.39 is 0 Å². The Balaban J connectivity index is 2.49. The molecule has 0 aromatic heterocycles. The second-order valence-electron chi connectivity index (χ2n) is 2.45. The van der Waals surface area contributed by atoms with Gasteiger partial charge in [-0.2, -0.15) is 0 Å². The fraction of sp³-hybridized carbons (Fsp3) is 0.714. The minimum absolute atomic E-state index is 0.251. The molecule has 1 N–H and O–H groups in total. The highest BCUT2D eigenvalue weighted by atomic mass is 33.1. The van der Waals surface area contributed by atoms with E-state index in [-0.39, 0.29) is 9.52 Å². The number of hydrogen-bond acceptors (Lipinski definition) is 1. The summed E-state index contributed by atoms with van der Waals surface area (Å²) in [5, 5.41) is 9.36. The Hall–Kier alpha value is 0.400. The van der Waals surface area contributed by atoms with Gasteiger partial charge in [0.25, 0.3) is 0 Å². The molecular weight excluding hydrogens is 164 g/mol. The van der Waals surface area contributed by atoms with E-state index in [9.17, 15) is 0 Å². The third kappa shape index (κ3) is 1.71. The zero-order chi connectivity index (χ0) is 7.56. The van der Waals surface area contributed by atoms with Crippen LogP contribution < -0.4 is 0 Å². The lowest BCUT2D eigenvalue weighted by Gasteiger charge is -2.08. The summed E-state index contributed by atoms with van der Waals surface area (Å²) in [7, 11) is 0.558. The van der Waals surface area contributed by atoms with Crippen molar-refractivity contribution in [1.82, 2.24) is 0 Å². The Bertz CT molecular complexity index is 165. The minimum Gasteiger partial charge on any atom is -0.396 e. The molecule has 1 fully saturated rings. The predicted octanol–water partition coefficient (Wildman–Crippen LogP) is 1.46. The number of aliphatic hydroxyl groups is 1. The van der Waals surface area contributed by atoms with Crippen molar-refractivity contribution in [3.8, 4) is 0 Å². The molecule has 1 saturated heterocycles. The summed E-state index contributed by atoms with van der Waals surface area (Å²) in [4.78, 5) is 0. The number of aliphatic hydroxyl groups excluding tert-OH is 1. The average molecular weight is 178 g/mol. The van der Waals surface area contributed by atoms with Gasteiger partial charge in [-0.3, -0.25) is 0 Å². The molecule has 0 spiro atoms. The number of hydrogen-bond donors (Lipinski definition) is 1. The van der Waals surface area contributed by atoms with Gasteiger partial charge >= 0.3 is 0 Å². The third-order valence-electron chi connectivity index (χ3n) is 1.79. The van der Waals surface area contributed by atoms with Gasteiger partial charge in [-0.15, -0.1) is 19.0 Å². The van der Waals surface area contributed by atoms with E-state index in [0.717, 1.165) is 6.42 Å². The second-order valence-corrected chi connectivity index (χ2v) is 7.86. The van der Waals surface area contributed by atoms with Gasteiger partial charge in [0.15, 0.2) is 0 Å². The fourth-order valence-corrected chi connectivity index (χ4v) is 5.82. The molecule has 1 rings (SSSR count). The first-order chi connectivity index (χ1) is 4.75. The summed E-state index contributed by atoms with van der Waals surface area (Å²) in [6, 6.07) is 0. The van der Waals surface area contributed by atoms with Gasteiger partial charge in [0.1, 0.15) is 0 Å². The van der Waals surface area contributed by atoms with Crippen molar-refractivity contribution in [2.24, 2.45) is 0 Å². The summed E-state index contributed by atoms with van der Waals surface area (Å²) in [6.45, 7) is 0.320. The molecule has 0 bridgehead atoms. The van der Waals surface area contributed by atoms with Crippen LogP contribution in [-0.4, -0.2) is 34.5 Å². The van der Waals surface area contributed by atoms with E-state index in [2.05, 4.69) is 11.7 Å². The largest absolute Gasteiger partial charge is 0.396 e. The molecule has 0 aromatic rings. The van der Waals surface area contributed by atoms with Crippen LogP contribution in [0.25, 0.3) is 0 Å². The van der Waals surface area contributed by atoms with E-state index in [0.29, 0.717) is 21.4 Å². The van der Waals surface area contributed by atoms with Crippen molar-refractivity contribution in [1.29, 1.82) is 0 Å². The molecule has 1 aliphatic rings. The highest BCUT2D eigenvalue weighted by Crippen LogP contribution is 2.49. The lowest BCUT2D eigenvalue weighted by atomic mass is 10.2. The van der Waals surface area contributed by atoms with Crippen LogP contribution in [0.1, 0.15) is 12.8 Å². The van der Waals surface area contributed by atoms with Crippen molar-refractivity contribution in [2.75, 3.05) is 12.4 Å². The zero-order valence-corrected chi connectivity index (χ0v) is 7.72. The quantitative estimate of drug-likeness (QED) is 0.501. The predicted molar refractivity (Wildman–Crippen MR) is 54.4 cm³/mol. The van der Waals surface area contributed by atoms with Crippen LogP contribution in [0.4, 0.5) is 0 Å². The molecule has 0 saturated carbocycles. The van der Waals surface area contributed by atoms with E-state index in [1.165, 1.54) is 12.2 Å². The SMILES string of the molecule is C=S1CCC(CCO)S1=C. The molecule has 1 nitrogen and oxygen atoms in total. The molecule has 0 amide bonds. The number of rotatable bonds is 2. The zero-order valence-electron chi connectivity index (χ0n) is 6.08. The molecule has 3 heteroatoms.